The summed E-state index contributed by atoms with van der Waals surface area (Å²) in [5, 5.41) is 2.79. The topological polar surface area (TPSA) is 72.7 Å². The fourth-order valence-corrected chi connectivity index (χ4v) is 2.42. The molecule has 0 bridgehead atoms. The third kappa shape index (κ3) is 3.85. The summed E-state index contributed by atoms with van der Waals surface area (Å²) in [6, 6.07) is 12.3. The first-order valence-corrected chi connectivity index (χ1v) is 8.07. The van der Waals surface area contributed by atoms with E-state index in [2.05, 4.69) is 10.3 Å². The van der Waals surface area contributed by atoms with E-state index in [0.29, 0.717) is 29.2 Å². The molecule has 1 N–H and O–H groups in total. The van der Waals surface area contributed by atoms with Gasteiger partial charge in [0.15, 0.2) is 0 Å². The zero-order valence-corrected chi connectivity index (χ0v) is 14.2. The van der Waals surface area contributed by atoms with Gasteiger partial charge in [0, 0.05) is 18.7 Å². The van der Waals surface area contributed by atoms with Crippen molar-refractivity contribution in [2.75, 3.05) is 5.32 Å². The number of para-hydroxylation sites is 2. The molecule has 3 aromatic rings. The Hall–Kier alpha value is -3.15. The minimum atomic E-state index is -0.153. The Morgan fingerprint density at radius 2 is 2.04 bits per heavy atom. The second-order valence-corrected chi connectivity index (χ2v) is 5.71. The number of rotatable bonds is 5. The normalized spacial score (nSPS) is 10.6. The van der Waals surface area contributed by atoms with E-state index in [0.717, 1.165) is 5.56 Å². The van der Waals surface area contributed by atoms with Crippen LogP contribution in [0, 0.1) is 6.92 Å². The third-order valence-electron chi connectivity index (χ3n) is 3.72. The number of aryl methyl sites for hydroxylation is 1. The highest BCUT2D eigenvalue weighted by atomic mass is 16.5. The van der Waals surface area contributed by atoms with Gasteiger partial charge in [-0.25, -0.2) is 4.98 Å². The second-order valence-electron chi connectivity index (χ2n) is 5.71. The molecule has 0 atom stereocenters. The summed E-state index contributed by atoms with van der Waals surface area (Å²) >= 11 is 0. The number of aromatic nitrogens is 2. The molecule has 0 aliphatic heterocycles. The number of amides is 1. The van der Waals surface area contributed by atoms with Gasteiger partial charge in [-0.2, -0.15) is 0 Å². The van der Waals surface area contributed by atoms with Gasteiger partial charge in [-0.1, -0.05) is 25.1 Å². The maximum absolute atomic E-state index is 12.2. The smallest absolute Gasteiger partial charge is 0.258 e. The molecule has 0 radical (unpaired) electrons. The summed E-state index contributed by atoms with van der Waals surface area (Å²) in [6.07, 6.45) is 2.14. The lowest BCUT2D eigenvalue weighted by Gasteiger charge is -2.12. The summed E-state index contributed by atoms with van der Waals surface area (Å²) in [7, 11) is 0. The van der Waals surface area contributed by atoms with E-state index in [1.807, 2.05) is 25.1 Å². The summed E-state index contributed by atoms with van der Waals surface area (Å²) in [5.41, 5.74) is 2.54. The fourth-order valence-electron chi connectivity index (χ4n) is 2.42. The van der Waals surface area contributed by atoms with Crippen molar-refractivity contribution >= 4 is 17.2 Å². The second kappa shape index (κ2) is 7.17. The molecule has 0 unspecified atom stereocenters. The molecule has 6 heteroatoms. The first-order valence-electron chi connectivity index (χ1n) is 8.07. The van der Waals surface area contributed by atoms with Crippen molar-refractivity contribution in [3.63, 3.8) is 0 Å². The zero-order valence-electron chi connectivity index (χ0n) is 14.2. The summed E-state index contributed by atoms with van der Waals surface area (Å²) in [4.78, 5) is 28.3. The Balaban J connectivity index is 1.83. The number of benzene rings is 1. The Morgan fingerprint density at radius 1 is 1.24 bits per heavy atom. The number of carbonyl (C=O) groups excluding carboxylic acids is 1. The molecule has 2 heterocycles. The number of hydrogen-bond donors (Lipinski definition) is 1. The highest BCUT2D eigenvalue weighted by Crippen LogP contribution is 2.24. The van der Waals surface area contributed by atoms with Gasteiger partial charge in [0.05, 0.1) is 11.4 Å². The van der Waals surface area contributed by atoms with Gasteiger partial charge in [-0.15, -0.1) is 0 Å². The van der Waals surface area contributed by atoms with Crippen molar-refractivity contribution in [1.29, 1.82) is 0 Å². The molecule has 1 amide bonds. The largest absolute Gasteiger partial charge is 0.485 e. The number of fused-ring (bicyclic) bond motifs is 1. The molecule has 6 nitrogen and oxygen atoms in total. The van der Waals surface area contributed by atoms with Crippen LogP contribution in [0.15, 0.2) is 53.5 Å². The highest BCUT2D eigenvalue weighted by Gasteiger charge is 2.08. The molecule has 0 spiro atoms. The molecule has 0 aliphatic rings. The van der Waals surface area contributed by atoms with Crippen LogP contribution < -0.4 is 15.6 Å². The van der Waals surface area contributed by atoms with Crippen molar-refractivity contribution in [3.05, 3.63) is 70.3 Å². The summed E-state index contributed by atoms with van der Waals surface area (Å²) in [6.45, 7) is 3.84. The van der Waals surface area contributed by atoms with Gasteiger partial charge in [-0.05, 0) is 30.7 Å². The number of nitrogens with zero attached hydrogens (tertiary/aromatic N) is 2. The minimum Gasteiger partial charge on any atom is -0.485 e. The molecular weight excluding hydrogens is 318 g/mol. The van der Waals surface area contributed by atoms with Crippen molar-refractivity contribution in [3.8, 4) is 5.75 Å². The maximum atomic E-state index is 12.2. The lowest BCUT2D eigenvalue weighted by Crippen LogP contribution is -2.17. The molecule has 0 saturated carbocycles. The van der Waals surface area contributed by atoms with E-state index in [1.165, 1.54) is 10.5 Å². The van der Waals surface area contributed by atoms with E-state index in [-0.39, 0.29) is 18.1 Å². The number of nitrogens with one attached hydrogen (secondary N) is 1. The molecular formula is C19H19N3O3. The van der Waals surface area contributed by atoms with E-state index in [4.69, 9.17) is 4.74 Å². The standard InChI is InChI=1S/C19H19N3O3/c1-3-18(23)21-15-6-4-5-7-16(15)25-12-14-10-19(24)22-11-13(2)8-9-17(22)20-14/h4-11H,3,12H2,1-2H3,(H,21,23). The first-order chi connectivity index (χ1) is 12.1. The third-order valence-corrected chi connectivity index (χ3v) is 3.72. The zero-order chi connectivity index (χ0) is 17.8. The van der Waals surface area contributed by atoms with Crippen molar-refractivity contribution in [2.24, 2.45) is 0 Å². The minimum absolute atomic E-state index is 0.0894. The van der Waals surface area contributed by atoms with Crippen LogP contribution in [0.5, 0.6) is 5.75 Å². The monoisotopic (exact) mass is 337 g/mol. The molecule has 3 rings (SSSR count). The predicted octanol–water partition coefficient (Wildman–Crippen LogP) is 2.93. The highest BCUT2D eigenvalue weighted by molar-refractivity contribution is 5.91. The molecule has 0 fully saturated rings. The molecule has 1 aromatic carbocycles. The van der Waals surface area contributed by atoms with Crippen LogP contribution >= 0.6 is 0 Å². The van der Waals surface area contributed by atoms with Crippen LogP contribution in [-0.2, 0) is 11.4 Å². The molecule has 128 valence electrons. The van der Waals surface area contributed by atoms with Gasteiger partial charge in [0.1, 0.15) is 18.0 Å². The van der Waals surface area contributed by atoms with Gasteiger partial charge in [0.25, 0.3) is 5.56 Å². The molecule has 0 aliphatic carbocycles. The van der Waals surface area contributed by atoms with Crippen LogP contribution in [0.4, 0.5) is 5.69 Å². The first kappa shape index (κ1) is 16.7. The van der Waals surface area contributed by atoms with Gasteiger partial charge in [0.2, 0.25) is 5.91 Å². The Labute approximate surface area is 145 Å². The van der Waals surface area contributed by atoms with Crippen molar-refractivity contribution < 1.29 is 9.53 Å². The maximum Gasteiger partial charge on any atom is 0.258 e. The summed E-state index contributed by atoms with van der Waals surface area (Å²) in [5.74, 6) is 0.448. The number of pyridine rings is 1. The van der Waals surface area contributed by atoms with Gasteiger partial charge < -0.3 is 10.1 Å². The Bertz CT molecular complexity index is 979. The number of ether oxygens (including phenoxy) is 1. The Kier molecular flexibility index (Phi) is 4.79. The van der Waals surface area contributed by atoms with Gasteiger partial charge >= 0.3 is 0 Å². The predicted molar refractivity (Wildman–Crippen MR) is 95.9 cm³/mol. The Morgan fingerprint density at radius 3 is 2.84 bits per heavy atom. The number of anilines is 1. The van der Waals surface area contributed by atoms with E-state index in [1.54, 1.807) is 31.3 Å². The van der Waals surface area contributed by atoms with Crippen LogP contribution in [0.3, 0.4) is 0 Å². The quantitative estimate of drug-likeness (QED) is 0.777. The van der Waals surface area contributed by atoms with Gasteiger partial charge in [-0.3, -0.25) is 14.0 Å². The number of carbonyl (C=O) groups is 1. The van der Waals surface area contributed by atoms with Crippen LogP contribution in [0.2, 0.25) is 0 Å². The summed E-state index contributed by atoms with van der Waals surface area (Å²) < 4.78 is 7.28. The van der Waals surface area contributed by atoms with Crippen molar-refractivity contribution in [1.82, 2.24) is 9.38 Å². The van der Waals surface area contributed by atoms with Crippen LogP contribution in [0.1, 0.15) is 24.6 Å². The lowest BCUT2D eigenvalue weighted by atomic mass is 10.2. The van der Waals surface area contributed by atoms with Crippen LogP contribution in [-0.4, -0.2) is 15.3 Å². The van der Waals surface area contributed by atoms with E-state index in [9.17, 15) is 9.59 Å². The fraction of sp³-hybridized carbons (Fsp3) is 0.211. The van der Waals surface area contributed by atoms with Crippen molar-refractivity contribution in [2.45, 2.75) is 26.9 Å². The van der Waals surface area contributed by atoms with E-state index >= 15 is 0 Å². The molecule has 25 heavy (non-hydrogen) atoms. The lowest BCUT2D eigenvalue weighted by molar-refractivity contribution is -0.115. The van der Waals surface area contributed by atoms with E-state index < -0.39 is 0 Å². The average molecular weight is 337 g/mol. The average Bonchev–Trinajstić information content (AvgIpc) is 2.61. The van der Waals surface area contributed by atoms with Crippen LogP contribution in [0.25, 0.3) is 5.65 Å². The SMILES string of the molecule is CCC(=O)Nc1ccccc1OCc1cc(=O)n2cc(C)ccc2n1. The molecule has 2 aromatic heterocycles. The molecule has 0 saturated heterocycles. The number of hydrogen-bond acceptors (Lipinski definition) is 4.